The molecule has 0 amide bonds. The maximum absolute atomic E-state index is 10.5. The van der Waals surface area contributed by atoms with E-state index < -0.39 is 11.8 Å². The van der Waals surface area contributed by atoms with Gasteiger partial charge >= 0.3 is 5.97 Å². The molecule has 5 nitrogen and oxygen atoms in total. The van der Waals surface area contributed by atoms with Gasteiger partial charge in [0.25, 0.3) is 0 Å². The van der Waals surface area contributed by atoms with Gasteiger partial charge in [-0.25, -0.2) is 4.79 Å². The Morgan fingerprint density at radius 3 is 1.50 bits per heavy atom. The molecule has 60 valence electrons. The highest BCUT2D eigenvalue weighted by molar-refractivity contribution is 5.77. The van der Waals surface area contributed by atoms with Crippen molar-refractivity contribution in [1.29, 1.82) is 0 Å². The van der Waals surface area contributed by atoms with Crippen LogP contribution in [0.1, 0.15) is 0 Å². The Balaban J connectivity index is 4.31. The largest absolute Gasteiger partial charge is 0.478 e. The van der Waals surface area contributed by atoms with Gasteiger partial charge in [0.2, 0.25) is 5.79 Å². The summed E-state index contributed by atoms with van der Waals surface area (Å²) in [5.74, 6) is -2.19. The van der Waals surface area contributed by atoms with Crippen LogP contribution in [-0.2, 0) is 4.79 Å². The van der Waals surface area contributed by atoms with Gasteiger partial charge in [0, 0.05) is 0 Å². The summed E-state index contributed by atoms with van der Waals surface area (Å²) in [5.41, 5.74) is 0. The normalized spacial score (nSPS) is 11.5. The second kappa shape index (κ2) is 3.50. The highest BCUT2D eigenvalue weighted by Crippen LogP contribution is 1.89. The lowest BCUT2D eigenvalue weighted by atomic mass is 10.3. The van der Waals surface area contributed by atoms with Crippen LogP contribution in [0.2, 0.25) is 0 Å². The first-order valence-corrected chi connectivity index (χ1v) is 2.93. The molecule has 0 atom stereocenters. The minimum atomic E-state index is -1.21. The molecule has 4 N–H and O–H groups in total. The number of aliphatic carboxylic acids is 1. The van der Waals surface area contributed by atoms with E-state index in [2.05, 4.69) is 16.0 Å². The molecular weight excluding hydrogens is 134 g/mol. The van der Waals surface area contributed by atoms with Crippen LogP contribution < -0.4 is 16.0 Å². The predicted octanol–water partition coefficient (Wildman–Crippen LogP) is -1.62. The fourth-order valence-electron chi connectivity index (χ4n) is 0.696. The summed E-state index contributed by atoms with van der Waals surface area (Å²) in [6, 6.07) is 0. The highest BCUT2D eigenvalue weighted by Gasteiger charge is 2.32. The second-order valence-electron chi connectivity index (χ2n) is 1.81. The van der Waals surface area contributed by atoms with Crippen molar-refractivity contribution in [3.05, 3.63) is 0 Å². The number of nitrogens with one attached hydrogen (secondary N) is 3. The Hall–Kier alpha value is -0.650. The highest BCUT2D eigenvalue weighted by atomic mass is 16.4. The summed E-state index contributed by atoms with van der Waals surface area (Å²) >= 11 is 0. The van der Waals surface area contributed by atoms with E-state index in [4.69, 9.17) is 5.11 Å². The SMILES string of the molecule is CNC(NC)(NC)C(=O)O. The molecule has 0 radical (unpaired) electrons. The van der Waals surface area contributed by atoms with Gasteiger partial charge in [-0.3, -0.25) is 16.0 Å². The molecule has 0 aromatic heterocycles. The summed E-state index contributed by atoms with van der Waals surface area (Å²) in [6.07, 6.45) is 0. The van der Waals surface area contributed by atoms with Crippen LogP contribution in [0.5, 0.6) is 0 Å². The number of carboxylic acid groups (broad SMARTS) is 1. The molecule has 0 aliphatic carbocycles. The second-order valence-corrected chi connectivity index (χ2v) is 1.81. The number of hydrogen-bond acceptors (Lipinski definition) is 4. The maximum atomic E-state index is 10.5. The zero-order chi connectivity index (χ0) is 8.20. The molecule has 5 heteroatoms. The minimum Gasteiger partial charge on any atom is -0.478 e. The van der Waals surface area contributed by atoms with E-state index in [1.807, 2.05) is 0 Å². The van der Waals surface area contributed by atoms with Crippen LogP contribution in [0, 0.1) is 0 Å². The maximum Gasteiger partial charge on any atom is 0.354 e. The van der Waals surface area contributed by atoms with Crippen molar-refractivity contribution >= 4 is 5.97 Å². The smallest absolute Gasteiger partial charge is 0.354 e. The third kappa shape index (κ3) is 1.44. The predicted molar refractivity (Wildman–Crippen MR) is 37.5 cm³/mol. The Kier molecular flexibility index (Phi) is 3.27. The van der Waals surface area contributed by atoms with Gasteiger partial charge in [0.05, 0.1) is 0 Å². The Labute approximate surface area is 59.8 Å². The summed E-state index contributed by atoms with van der Waals surface area (Å²) in [6.45, 7) is 0. The van der Waals surface area contributed by atoms with Crippen LogP contribution in [0.25, 0.3) is 0 Å². The minimum absolute atomic E-state index is 0.986. The zero-order valence-corrected chi connectivity index (χ0v) is 6.36. The molecule has 0 aromatic rings. The van der Waals surface area contributed by atoms with Gasteiger partial charge in [-0.1, -0.05) is 0 Å². The molecule has 0 rings (SSSR count). The van der Waals surface area contributed by atoms with Crippen molar-refractivity contribution < 1.29 is 9.90 Å². The van der Waals surface area contributed by atoms with Crippen molar-refractivity contribution in [2.75, 3.05) is 21.1 Å². The molecule has 10 heavy (non-hydrogen) atoms. The van der Waals surface area contributed by atoms with Gasteiger partial charge in [0.1, 0.15) is 0 Å². The topological polar surface area (TPSA) is 73.4 Å². The number of carboxylic acids is 1. The van der Waals surface area contributed by atoms with E-state index in [0.29, 0.717) is 0 Å². The first-order valence-electron chi connectivity index (χ1n) is 2.93. The van der Waals surface area contributed by atoms with Gasteiger partial charge in [-0.05, 0) is 21.1 Å². The van der Waals surface area contributed by atoms with Crippen LogP contribution in [0.15, 0.2) is 0 Å². The van der Waals surface area contributed by atoms with Gasteiger partial charge in [-0.2, -0.15) is 0 Å². The van der Waals surface area contributed by atoms with E-state index >= 15 is 0 Å². The summed E-state index contributed by atoms with van der Waals surface area (Å²) in [4.78, 5) is 10.5. The quantitative estimate of drug-likeness (QED) is 0.360. The van der Waals surface area contributed by atoms with E-state index in [-0.39, 0.29) is 0 Å². The van der Waals surface area contributed by atoms with E-state index in [0.717, 1.165) is 0 Å². The van der Waals surface area contributed by atoms with Crippen molar-refractivity contribution in [1.82, 2.24) is 16.0 Å². The summed E-state index contributed by atoms with van der Waals surface area (Å²) in [7, 11) is 4.67. The third-order valence-electron chi connectivity index (χ3n) is 1.45. The molecule has 0 aliphatic rings. The van der Waals surface area contributed by atoms with Gasteiger partial charge < -0.3 is 5.11 Å². The number of rotatable bonds is 4. The fourth-order valence-corrected chi connectivity index (χ4v) is 0.696. The van der Waals surface area contributed by atoms with Gasteiger partial charge in [-0.15, -0.1) is 0 Å². The summed E-state index contributed by atoms with van der Waals surface area (Å²) < 4.78 is 0. The fraction of sp³-hybridized carbons (Fsp3) is 0.800. The number of carbonyl (C=O) groups is 1. The van der Waals surface area contributed by atoms with E-state index in [9.17, 15) is 4.79 Å². The van der Waals surface area contributed by atoms with Crippen LogP contribution >= 0.6 is 0 Å². The van der Waals surface area contributed by atoms with Gasteiger partial charge in [0.15, 0.2) is 0 Å². The lowest BCUT2D eigenvalue weighted by molar-refractivity contribution is -0.147. The first-order chi connectivity index (χ1) is 4.63. The lowest BCUT2D eigenvalue weighted by Crippen LogP contribution is -2.68. The molecule has 0 saturated heterocycles. The molecule has 0 aromatic carbocycles. The van der Waals surface area contributed by atoms with Crippen molar-refractivity contribution in [2.24, 2.45) is 0 Å². The molecule has 0 spiro atoms. The lowest BCUT2D eigenvalue weighted by Gasteiger charge is -2.27. The average molecular weight is 147 g/mol. The molecule has 0 fully saturated rings. The number of likely N-dealkylation sites (N-methyl/N-ethyl adjacent to an activating group) is 3. The molecule has 0 saturated carbocycles. The van der Waals surface area contributed by atoms with Crippen LogP contribution in [-0.4, -0.2) is 38.0 Å². The molecular formula is C5H13N3O2. The van der Waals surface area contributed by atoms with Crippen LogP contribution in [0.4, 0.5) is 0 Å². The van der Waals surface area contributed by atoms with Crippen molar-refractivity contribution in [3.63, 3.8) is 0 Å². The molecule has 0 bridgehead atoms. The molecule has 0 unspecified atom stereocenters. The monoisotopic (exact) mass is 147 g/mol. The third-order valence-corrected chi connectivity index (χ3v) is 1.45. The van der Waals surface area contributed by atoms with Crippen molar-refractivity contribution in [3.8, 4) is 0 Å². The van der Waals surface area contributed by atoms with Crippen LogP contribution in [0.3, 0.4) is 0 Å². The Morgan fingerprint density at radius 1 is 1.20 bits per heavy atom. The zero-order valence-electron chi connectivity index (χ0n) is 6.36. The van der Waals surface area contributed by atoms with Crippen molar-refractivity contribution in [2.45, 2.75) is 5.79 Å². The first kappa shape index (κ1) is 9.35. The molecule has 0 heterocycles. The van der Waals surface area contributed by atoms with E-state index in [1.54, 1.807) is 21.1 Å². The standard InChI is InChI=1S/C5H13N3O2/c1-6-5(7-2,8-3)4(9)10/h6-8H,1-3H3,(H,9,10). The Bertz CT molecular complexity index is 114. The molecule has 0 aliphatic heterocycles. The Morgan fingerprint density at radius 2 is 1.50 bits per heavy atom. The average Bonchev–Trinajstić information content (AvgIpc) is 1.92. The summed E-state index contributed by atoms with van der Waals surface area (Å²) in [5, 5.41) is 16.4. The van der Waals surface area contributed by atoms with E-state index in [1.165, 1.54) is 0 Å². The number of hydrogen-bond donors (Lipinski definition) is 4.